The zero-order chi connectivity index (χ0) is 20.1. The average Bonchev–Trinajstić information content (AvgIpc) is 2.69. The number of nitrogens with zero attached hydrogens (tertiary/aromatic N) is 3. The summed E-state index contributed by atoms with van der Waals surface area (Å²) in [7, 11) is 0. The molecule has 3 aromatic rings. The van der Waals surface area contributed by atoms with Crippen LogP contribution in [0.15, 0.2) is 62.8 Å². The first-order valence-corrected chi connectivity index (χ1v) is 8.88. The maximum absolute atomic E-state index is 12.2. The summed E-state index contributed by atoms with van der Waals surface area (Å²) in [4.78, 5) is 24.6. The van der Waals surface area contributed by atoms with Crippen LogP contribution in [0.1, 0.15) is 19.4 Å². The molecule has 3 rings (SSSR count). The van der Waals surface area contributed by atoms with E-state index in [2.05, 4.69) is 29.3 Å². The molecule has 0 unspecified atom stereocenters. The number of nitro groups is 1. The fraction of sp³-hybridized carbons (Fsp3) is 0.200. The van der Waals surface area contributed by atoms with Crippen LogP contribution in [0.25, 0.3) is 11.0 Å². The molecule has 0 spiro atoms. The van der Waals surface area contributed by atoms with Crippen LogP contribution < -0.4 is 16.0 Å². The predicted molar refractivity (Wildman–Crippen MR) is 110 cm³/mol. The first-order valence-electron chi connectivity index (χ1n) is 8.88. The molecule has 8 heteroatoms. The fourth-order valence-corrected chi connectivity index (χ4v) is 2.83. The number of hydrogen-bond acceptors (Lipinski definition) is 7. The zero-order valence-corrected chi connectivity index (χ0v) is 15.6. The van der Waals surface area contributed by atoms with Crippen LogP contribution in [0, 0.1) is 10.1 Å². The fourth-order valence-electron chi connectivity index (χ4n) is 2.83. The number of fused-ring (bicyclic) bond motifs is 1. The van der Waals surface area contributed by atoms with Crippen LogP contribution in [-0.2, 0) is 0 Å². The van der Waals surface area contributed by atoms with Crippen LogP contribution >= 0.6 is 0 Å². The van der Waals surface area contributed by atoms with Gasteiger partial charge in [-0.3, -0.25) is 15.5 Å². The molecular formula is C20H20N4O4. The Morgan fingerprint density at radius 2 is 1.86 bits per heavy atom. The summed E-state index contributed by atoms with van der Waals surface area (Å²) < 4.78 is 5.44. The molecule has 28 heavy (non-hydrogen) atoms. The topological polar surface area (TPSA) is 101 Å². The Bertz CT molecular complexity index is 1070. The number of nitro benzene ring substituents is 1. The molecule has 0 bridgehead atoms. The van der Waals surface area contributed by atoms with Crippen molar-refractivity contribution in [2.45, 2.75) is 13.8 Å². The lowest BCUT2D eigenvalue weighted by Crippen LogP contribution is -2.21. The molecule has 0 fully saturated rings. The lowest BCUT2D eigenvalue weighted by atomic mass is 10.1. The Hall–Kier alpha value is -3.68. The van der Waals surface area contributed by atoms with Crippen molar-refractivity contribution in [3.8, 4) is 0 Å². The molecule has 0 saturated carbocycles. The summed E-state index contributed by atoms with van der Waals surface area (Å²) in [5, 5.41) is 15.5. The quantitative estimate of drug-likeness (QED) is 0.288. The van der Waals surface area contributed by atoms with Crippen molar-refractivity contribution in [1.29, 1.82) is 0 Å². The molecule has 0 aliphatic heterocycles. The number of non-ortho nitro benzene ring substituents is 1. The van der Waals surface area contributed by atoms with Gasteiger partial charge in [0.25, 0.3) is 5.69 Å². The van der Waals surface area contributed by atoms with E-state index in [4.69, 9.17) is 4.42 Å². The van der Waals surface area contributed by atoms with Crippen LogP contribution in [-0.4, -0.2) is 24.2 Å². The molecular weight excluding hydrogens is 360 g/mol. The van der Waals surface area contributed by atoms with Crippen molar-refractivity contribution in [2.24, 2.45) is 5.10 Å². The zero-order valence-electron chi connectivity index (χ0n) is 15.6. The van der Waals surface area contributed by atoms with E-state index >= 15 is 0 Å². The molecule has 0 saturated heterocycles. The van der Waals surface area contributed by atoms with Gasteiger partial charge in [-0.2, -0.15) is 5.10 Å². The van der Waals surface area contributed by atoms with Crippen LogP contribution in [0.3, 0.4) is 0 Å². The number of nitrogens with one attached hydrogen (secondary N) is 1. The maximum atomic E-state index is 12.2. The predicted octanol–water partition coefficient (Wildman–Crippen LogP) is 3.99. The number of benzene rings is 2. The Labute approximate surface area is 161 Å². The van der Waals surface area contributed by atoms with E-state index in [1.54, 1.807) is 6.07 Å². The van der Waals surface area contributed by atoms with Crippen LogP contribution in [0.2, 0.25) is 0 Å². The molecule has 8 nitrogen and oxygen atoms in total. The van der Waals surface area contributed by atoms with E-state index < -0.39 is 10.5 Å². The summed E-state index contributed by atoms with van der Waals surface area (Å²) >= 11 is 0. The highest BCUT2D eigenvalue weighted by Crippen LogP contribution is 2.21. The first kappa shape index (κ1) is 19.1. The minimum absolute atomic E-state index is 0.00576. The van der Waals surface area contributed by atoms with Gasteiger partial charge in [0, 0.05) is 42.4 Å². The van der Waals surface area contributed by atoms with Gasteiger partial charge in [-0.25, -0.2) is 4.79 Å². The van der Waals surface area contributed by atoms with Crippen molar-refractivity contribution < 1.29 is 9.34 Å². The number of anilines is 2. The van der Waals surface area contributed by atoms with Crippen molar-refractivity contribution >= 4 is 34.2 Å². The smallest absolute Gasteiger partial charge is 0.345 e. The Morgan fingerprint density at radius 1 is 1.14 bits per heavy atom. The van der Waals surface area contributed by atoms with Gasteiger partial charge < -0.3 is 9.32 Å². The second-order valence-corrected chi connectivity index (χ2v) is 6.06. The van der Waals surface area contributed by atoms with Crippen molar-refractivity contribution in [2.75, 3.05) is 23.4 Å². The van der Waals surface area contributed by atoms with Crippen molar-refractivity contribution in [3.63, 3.8) is 0 Å². The molecule has 0 radical (unpaired) electrons. The Balaban J connectivity index is 1.80. The average molecular weight is 380 g/mol. The van der Waals surface area contributed by atoms with Gasteiger partial charge in [-0.15, -0.1) is 0 Å². The lowest BCUT2D eigenvalue weighted by molar-refractivity contribution is -0.384. The highest BCUT2D eigenvalue weighted by atomic mass is 16.6. The molecule has 1 N–H and O–H groups in total. The summed E-state index contributed by atoms with van der Waals surface area (Å²) in [6.45, 7) is 5.87. The molecule has 0 amide bonds. The standard InChI is InChI=1S/C20H20N4O4/c1-3-23(4-2)18-8-5-14-11-15(20(25)28-19(14)12-18)13-21-22-16-6-9-17(10-7-16)24(26)27/h5-13,22H,3-4H2,1-2H3. The van der Waals surface area contributed by atoms with E-state index in [0.29, 0.717) is 16.8 Å². The summed E-state index contributed by atoms with van der Waals surface area (Å²) in [6, 6.07) is 13.3. The largest absolute Gasteiger partial charge is 0.422 e. The van der Waals surface area contributed by atoms with E-state index in [-0.39, 0.29) is 5.69 Å². The van der Waals surface area contributed by atoms with Crippen LogP contribution in [0.5, 0.6) is 0 Å². The van der Waals surface area contributed by atoms with E-state index in [1.807, 2.05) is 18.2 Å². The van der Waals surface area contributed by atoms with Gasteiger partial charge in [0.05, 0.1) is 22.4 Å². The summed E-state index contributed by atoms with van der Waals surface area (Å²) in [5.41, 5.74) is 4.63. The highest BCUT2D eigenvalue weighted by Gasteiger charge is 2.08. The number of hydrazone groups is 1. The maximum Gasteiger partial charge on any atom is 0.345 e. The number of rotatable bonds is 7. The summed E-state index contributed by atoms with van der Waals surface area (Å²) in [5.74, 6) is 0. The van der Waals surface area contributed by atoms with Crippen molar-refractivity contribution in [1.82, 2.24) is 0 Å². The van der Waals surface area contributed by atoms with Gasteiger partial charge >= 0.3 is 5.63 Å². The SMILES string of the molecule is CCN(CC)c1ccc2cc(C=NNc3ccc([N+](=O)[O-])cc3)c(=O)oc2c1. The molecule has 0 aliphatic rings. The van der Waals surface area contributed by atoms with Gasteiger partial charge in [0.1, 0.15) is 5.58 Å². The minimum atomic E-state index is -0.488. The number of hydrogen-bond donors (Lipinski definition) is 1. The third kappa shape index (κ3) is 4.17. The molecule has 1 heterocycles. The van der Waals surface area contributed by atoms with Gasteiger partial charge in [-0.05, 0) is 44.2 Å². The second-order valence-electron chi connectivity index (χ2n) is 6.06. The van der Waals surface area contributed by atoms with Gasteiger partial charge in [-0.1, -0.05) is 0 Å². The van der Waals surface area contributed by atoms with E-state index in [1.165, 1.54) is 30.5 Å². The summed E-state index contributed by atoms with van der Waals surface area (Å²) in [6.07, 6.45) is 1.37. The third-order valence-electron chi connectivity index (χ3n) is 4.35. The van der Waals surface area contributed by atoms with Crippen molar-refractivity contribution in [3.05, 3.63) is 74.6 Å². The second kappa shape index (κ2) is 8.34. The Morgan fingerprint density at radius 3 is 2.50 bits per heavy atom. The minimum Gasteiger partial charge on any atom is -0.422 e. The first-order chi connectivity index (χ1) is 13.5. The molecule has 144 valence electrons. The lowest BCUT2D eigenvalue weighted by Gasteiger charge is -2.20. The van der Waals surface area contributed by atoms with E-state index in [9.17, 15) is 14.9 Å². The van der Waals surface area contributed by atoms with Crippen LogP contribution in [0.4, 0.5) is 17.1 Å². The molecule has 0 aliphatic carbocycles. The van der Waals surface area contributed by atoms with E-state index in [0.717, 1.165) is 24.2 Å². The third-order valence-corrected chi connectivity index (χ3v) is 4.35. The Kier molecular flexibility index (Phi) is 5.69. The highest BCUT2D eigenvalue weighted by molar-refractivity contribution is 5.88. The molecule has 2 aromatic carbocycles. The molecule has 1 aromatic heterocycles. The van der Waals surface area contributed by atoms with Gasteiger partial charge in [0.2, 0.25) is 0 Å². The monoisotopic (exact) mass is 380 g/mol. The molecule has 0 atom stereocenters. The van der Waals surface area contributed by atoms with Gasteiger partial charge in [0.15, 0.2) is 0 Å². The normalized spacial score (nSPS) is 11.1.